The molecule has 0 radical (unpaired) electrons. The summed E-state index contributed by atoms with van der Waals surface area (Å²) in [7, 11) is 0. The first-order valence-corrected chi connectivity index (χ1v) is 20.8. The van der Waals surface area contributed by atoms with Crippen molar-refractivity contribution in [3.8, 4) is 0 Å². The number of hydrogen-bond acceptors (Lipinski definition) is 4. The van der Waals surface area contributed by atoms with Crippen LogP contribution in [0.2, 0.25) is 0 Å². The molecule has 0 unspecified atom stereocenters. The highest BCUT2D eigenvalue weighted by Gasteiger charge is 2.61. The van der Waals surface area contributed by atoms with Crippen molar-refractivity contribution in [2.45, 2.75) is 137 Å². The predicted molar refractivity (Wildman–Crippen MR) is 198 cm³/mol. The molecule has 12 atom stereocenters. The summed E-state index contributed by atoms with van der Waals surface area (Å²) in [6.07, 6.45) is 28.1. The van der Waals surface area contributed by atoms with E-state index in [-0.39, 0.29) is 51.0 Å². The lowest BCUT2D eigenvalue weighted by Crippen LogP contribution is -2.50. The highest BCUT2D eigenvalue weighted by Crippen LogP contribution is 2.68. The van der Waals surface area contributed by atoms with E-state index >= 15 is 0 Å². The monoisotopic (exact) mass is 678 g/mol. The zero-order valence-electron chi connectivity index (χ0n) is 31.6. The number of fused-ring (bicyclic) bond motifs is 10. The highest BCUT2D eigenvalue weighted by atomic mass is 16.1. The third kappa shape index (κ3) is 5.17. The van der Waals surface area contributed by atoms with Crippen molar-refractivity contribution in [3.63, 3.8) is 0 Å². The molecule has 4 heteroatoms. The van der Waals surface area contributed by atoms with Crippen molar-refractivity contribution < 1.29 is 19.2 Å². The van der Waals surface area contributed by atoms with E-state index in [9.17, 15) is 19.2 Å². The van der Waals surface area contributed by atoms with Crippen LogP contribution in [0.1, 0.15) is 137 Å². The molecule has 0 N–H and O–H groups in total. The molecule has 8 rings (SSSR count). The second-order valence-corrected chi connectivity index (χ2v) is 19.6. The third-order valence-corrected chi connectivity index (χ3v) is 17.6. The number of Topliss-reactive ketones (excluding diaryl/α,β-unsaturated/α-hetero) is 2. The normalized spacial score (nSPS) is 45.9. The first kappa shape index (κ1) is 34.7. The smallest absolute Gasteiger partial charge is 0.178 e. The number of carbonyl (C=O) groups excluding carboxylic acids is 4. The van der Waals surface area contributed by atoms with Crippen molar-refractivity contribution in [2.75, 3.05) is 0 Å². The van der Waals surface area contributed by atoms with Gasteiger partial charge in [0.25, 0.3) is 0 Å². The van der Waals surface area contributed by atoms with Crippen LogP contribution >= 0.6 is 0 Å². The average Bonchev–Trinajstić information content (AvgIpc) is 3.62. The first-order chi connectivity index (χ1) is 23.8. The molecule has 0 heterocycles. The molecule has 270 valence electrons. The van der Waals surface area contributed by atoms with Gasteiger partial charge < -0.3 is 0 Å². The van der Waals surface area contributed by atoms with Gasteiger partial charge in [-0.25, -0.2) is 0 Å². The summed E-state index contributed by atoms with van der Waals surface area (Å²) >= 11 is 0. The first-order valence-electron chi connectivity index (χ1n) is 20.8. The van der Waals surface area contributed by atoms with Crippen LogP contribution in [0.5, 0.6) is 0 Å². The third-order valence-electron chi connectivity index (χ3n) is 17.6. The van der Waals surface area contributed by atoms with E-state index in [1.807, 2.05) is 12.2 Å². The number of carbonyl (C=O) groups is 4. The van der Waals surface area contributed by atoms with Gasteiger partial charge in [-0.2, -0.15) is 0 Å². The summed E-state index contributed by atoms with van der Waals surface area (Å²) in [6, 6.07) is 0. The van der Waals surface area contributed by atoms with Crippen molar-refractivity contribution in [3.05, 3.63) is 47.6 Å². The Labute approximate surface area is 301 Å². The van der Waals surface area contributed by atoms with E-state index in [0.29, 0.717) is 59.9 Å². The maximum absolute atomic E-state index is 14.4. The van der Waals surface area contributed by atoms with Gasteiger partial charge in [-0.05, 0) is 160 Å². The van der Waals surface area contributed by atoms with Gasteiger partial charge in [0.15, 0.2) is 11.6 Å². The van der Waals surface area contributed by atoms with Crippen LogP contribution in [0.3, 0.4) is 0 Å². The minimum absolute atomic E-state index is 0.00967. The second kappa shape index (κ2) is 12.4. The van der Waals surface area contributed by atoms with Gasteiger partial charge in [0, 0.05) is 35.5 Å². The molecule has 0 amide bonds. The fraction of sp³-hybridized carbons (Fsp3) is 0.739. The summed E-state index contributed by atoms with van der Waals surface area (Å²) in [6.45, 7) is 11.8. The topological polar surface area (TPSA) is 68.3 Å². The molecule has 0 spiro atoms. The summed E-state index contributed by atoms with van der Waals surface area (Å²) in [5.41, 5.74) is 2.77. The number of ketones is 4. The average molecular weight is 679 g/mol. The van der Waals surface area contributed by atoms with Crippen LogP contribution < -0.4 is 0 Å². The van der Waals surface area contributed by atoms with Crippen LogP contribution in [-0.2, 0) is 19.2 Å². The summed E-state index contributed by atoms with van der Waals surface area (Å²) in [5.74, 6) is 5.11. The Hall–Kier alpha value is -2.36. The number of hydrogen-bond donors (Lipinski definition) is 0. The summed E-state index contributed by atoms with van der Waals surface area (Å²) < 4.78 is 0. The van der Waals surface area contributed by atoms with Gasteiger partial charge >= 0.3 is 0 Å². The Morgan fingerprint density at radius 2 is 1.08 bits per heavy atom. The number of allylic oxidation sites excluding steroid dienone is 8. The van der Waals surface area contributed by atoms with Gasteiger partial charge in [0.1, 0.15) is 11.6 Å². The van der Waals surface area contributed by atoms with E-state index in [2.05, 4.69) is 46.8 Å². The van der Waals surface area contributed by atoms with Gasteiger partial charge in [-0.1, -0.05) is 64.3 Å². The van der Waals surface area contributed by atoms with Crippen LogP contribution in [0.25, 0.3) is 0 Å². The molecule has 0 bridgehead atoms. The lowest BCUT2D eigenvalue weighted by Gasteiger charge is -2.57. The second-order valence-electron chi connectivity index (χ2n) is 19.6. The minimum Gasteiger partial charge on any atom is -0.299 e. The van der Waals surface area contributed by atoms with Gasteiger partial charge in [0.2, 0.25) is 0 Å². The van der Waals surface area contributed by atoms with Crippen LogP contribution in [0, 0.1) is 74.9 Å². The molecule has 8 aliphatic carbocycles. The predicted octanol–water partition coefficient (Wildman–Crippen LogP) is 10.2. The molecule has 0 saturated heterocycles. The fourth-order valence-corrected chi connectivity index (χ4v) is 15.0. The molecule has 4 nitrogen and oxygen atoms in total. The van der Waals surface area contributed by atoms with E-state index in [4.69, 9.17) is 0 Å². The molecular formula is C46H62O4. The maximum atomic E-state index is 14.4. The van der Waals surface area contributed by atoms with E-state index in [1.165, 1.54) is 11.1 Å². The standard InChI is InChI=1S/C46H62O4/c1-6-7-28(24-41(49)39-14-12-35-33-10-8-29-26-31(47)16-20-43(29,2)37(33)18-22-45(35,39)4)25-42(50)40-15-13-36-34-11-9-30-27-32(48)17-21-44(30,3)38(34)19-23-46(36,40)5/h16-17,20-21,26-28,33-40H,6-15,18-19,22-25H2,1-5H3/t33-,34-,35-,36-,37-,38-,39+,40+,43-,44-,45-,46-/m0/s1. The molecule has 0 aromatic carbocycles. The Morgan fingerprint density at radius 3 is 1.50 bits per heavy atom. The fourth-order valence-electron chi connectivity index (χ4n) is 15.0. The number of rotatable bonds is 8. The van der Waals surface area contributed by atoms with Crippen LogP contribution in [0.4, 0.5) is 0 Å². The van der Waals surface area contributed by atoms with Crippen molar-refractivity contribution in [1.82, 2.24) is 0 Å². The molecule has 6 fully saturated rings. The van der Waals surface area contributed by atoms with Crippen molar-refractivity contribution in [2.24, 2.45) is 74.9 Å². The summed E-state index contributed by atoms with van der Waals surface area (Å²) in [4.78, 5) is 53.2. The Bertz CT molecular complexity index is 1480. The Kier molecular flexibility index (Phi) is 8.58. The van der Waals surface area contributed by atoms with Crippen LogP contribution in [0.15, 0.2) is 47.6 Å². The zero-order chi connectivity index (χ0) is 35.2. The molecule has 8 aliphatic rings. The Balaban J connectivity index is 0.931. The van der Waals surface area contributed by atoms with Crippen molar-refractivity contribution >= 4 is 23.1 Å². The minimum atomic E-state index is -0.00967. The lowest BCUT2D eigenvalue weighted by molar-refractivity contribution is -0.133. The molecule has 0 aromatic rings. The van der Waals surface area contributed by atoms with E-state index in [0.717, 1.165) is 89.9 Å². The van der Waals surface area contributed by atoms with Crippen molar-refractivity contribution in [1.29, 1.82) is 0 Å². The van der Waals surface area contributed by atoms with E-state index in [1.54, 1.807) is 12.2 Å². The quantitative estimate of drug-likeness (QED) is 0.256. The largest absolute Gasteiger partial charge is 0.299 e. The molecular weight excluding hydrogens is 617 g/mol. The maximum Gasteiger partial charge on any atom is 0.178 e. The zero-order valence-corrected chi connectivity index (χ0v) is 31.6. The van der Waals surface area contributed by atoms with Crippen LogP contribution in [-0.4, -0.2) is 23.1 Å². The van der Waals surface area contributed by atoms with Gasteiger partial charge in [-0.3, -0.25) is 19.2 Å². The van der Waals surface area contributed by atoms with E-state index < -0.39 is 0 Å². The Morgan fingerprint density at radius 1 is 0.640 bits per heavy atom. The highest BCUT2D eigenvalue weighted by molar-refractivity contribution is 6.01. The molecule has 0 aromatic heterocycles. The summed E-state index contributed by atoms with van der Waals surface area (Å²) in [5, 5.41) is 0. The molecule has 6 saturated carbocycles. The molecule has 50 heavy (non-hydrogen) atoms. The van der Waals surface area contributed by atoms with Gasteiger partial charge in [-0.15, -0.1) is 0 Å². The SMILES string of the molecule is CCCC(CC(=O)[C@H]1CC[C@H]2[C@@H]3CCC4=CC(=O)C=C[C@]4(C)[C@H]3CC[C@]12C)CC(=O)[C@H]1CC[C@H]2[C@@H]3CCC4=CC(=O)C=C[C@]4(C)[C@H]3CC[C@]12C. The molecule has 0 aliphatic heterocycles. The van der Waals surface area contributed by atoms with Gasteiger partial charge in [0.05, 0.1) is 0 Å². The lowest BCUT2D eigenvalue weighted by atomic mass is 9.47.